The molecule has 0 saturated carbocycles. The summed E-state index contributed by atoms with van der Waals surface area (Å²) in [5.41, 5.74) is 8.02. The smallest absolute Gasteiger partial charge is 0.438 e. The number of benzene rings is 2. The zero-order valence-corrected chi connectivity index (χ0v) is 15.9. The number of hydrogen-bond donors (Lipinski definition) is 0. The molecule has 1 atom stereocenters. The number of hydrogen-bond acceptors (Lipinski definition) is 5. The second kappa shape index (κ2) is 7.03. The Bertz CT molecular complexity index is 1140. The van der Waals surface area contributed by atoms with Crippen molar-refractivity contribution in [3.05, 3.63) is 71.7 Å². The number of ether oxygens (including phenoxy) is 1. The van der Waals surface area contributed by atoms with Gasteiger partial charge in [-0.05, 0) is 31.5 Å². The third-order valence-corrected chi connectivity index (χ3v) is 5.90. The third kappa shape index (κ3) is 3.21. The fraction of sp³-hybridized carbons (Fsp3) is 0.211. The van der Waals surface area contributed by atoms with Gasteiger partial charge in [-0.25, -0.2) is 13.2 Å². The highest BCUT2D eigenvalue weighted by atomic mass is 32.2. The lowest BCUT2D eigenvalue weighted by molar-refractivity contribution is -0.152. The van der Waals surface area contributed by atoms with E-state index in [1.807, 2.05) is 0 Å². The van der Waals surface area contributed by atoms with Crippen molar-refractivity contribution in [2.45, 2.75) is 30.5 Å². The molecule has 28 heavy (non-hydrogen) atoms. The maximum Gasteiger partial charge on any atom is 0.473 e. The molecule has 1 aliphatic heterocycles. The van der Waals surface area contributed by atoms with Crippen LogP contribution in [0.25, 0.3) is 5.53 Å². The molecule has 0 bridgehead atoms. The van der Waals surface area contributed by atoms with E-state index in [1.54, 1.807) is 18.2 Å². The number of rotatable bonds is 2. The first-order valence-corrected chi connectivity index (χ1v) is 9.74. The van der Waals surface area contributed by atoms with Gasteiger partial charge in [0.25, 0.3) is 9.84 Å². The van der Waals surface area contributed by atoms with E-state index < -0.39 is 38.5 Å². The van der Waals surface area contributed by atoms with Crippen LogP contribution in [0.3, 0.4) is 0 Å². The van der Waals surface area contributed by atoms with Gasteiger partial charge in [-0.1, -0.05) is 48.5 Å². The maximum atomic E-state index is 13.2. The van der Waals surface area contributed by atoms with Gasteiger partial charge in [0, 0.05) is 0 Å². The molecule has 0 aliphatic carbocycles. The van der Waals surface area contributed by atoms with Gasteiger partial charge >= 0.3 is 16.9 Å². The molecule has 0 N–H and O–H groups in total. The SMILES string of the molecule is [2H]c1ccccc1C1C(=O)OC(C)(C)N1C(=O)C(=[N+]=[N-])S(=O)(=O)c1ccccc1. The molecule has 8 nitrogen and oxygen atoms in total. The predicted octanol–water partition coefficient (Wildman–Crippen LogP) is 1.95. The predicted molar refractivity (Wildman–Crippen MR) is 98.5 cm³/mol. The van der Waals surface area contributed by atoms with Gasteiger partial charge in [-0.3, -0.25) is 9.69 Å². The van der Waals surface area contributed by atoms with Crippen molar-refractivity contribution in [3.63, 3.8) is 0 Å². The molecule has 2 aromatic carbocycles. The highest BCUT2D eigenvalue weighted by Crippen LogP contribution is 2.38. The molecule has 1 unspecified atom stereocenters. The van der Waals surface area contributed by atoms with Crippen molar-refractivity contribution < 1.29 is 28.9 Å². The third-order valence-electron chi connectivity index (χ3n) is 4.24. The number of nitrogens with zero attached hydrogens (tertiary/aromatic N) is 3. The Morgan fingerprint density at radius 2 is 1.79 bits per heavy atom. The van der Waals surface area contributed by atoms with Gasteiger partial charge in [0.15, 0.2) is 11.8 Å². The first-order valence-electron chi connectivity index (χ1n) is 8.75. The molecule has 0 spiro atoms. The van der Waals surface area contributed by atoms with Gasteiger partial charge in [0.05, 0.1) is 6.27 Å². The highest BCUT2D eigenvalue weighted by Gasteiger charge is 2.56. The lowest BCUT2D eigenvalue weighted by Crippen LogP contribution is -2.49. The van der Waals surface area contributed by atoms with Gasteiger partial charge in [0.1, 0.15) is 0 Å². The molecule has 1 fully saturated rings. The molecule has 0 aromatic heterocycles. The molecule has 1 amide bonds. The van der Waals surface area contributed by atoms with Crippen molar-refractivity contribution in [2.24, 2.45) is 0 Å². The Kier molecular flexibility index (Phi) is 4.54. The van der Waals surface area contributed by atoms with Gasteiger partial charge in [-0.2, -0.15) is 0 Å². The van der Waals surface area contributed by atoms with Crippen molar-refractivity contribution in [1.29, 1.82) is 0 Å². The van der Waals surface area contributed by atoms with Gasteiger partial charge in [-0.15, -0.1) is 4.79 Å². The molecule has 9 heteroatoms. The first kappa shape index (κ1) is 18.1. The topological polar surface area (TPSA) is 117 Å². The van der Waals surface area contributed by atoms with E-state index in [2.05, 4.69) is 4.79 Å². The molecule has 1 heterocycles. The number of sulfone groups is 1. The zero-order valence-electron chi connectivity index (χ0n) is 16.1. The van der Waals surface area contributed by atoms with Crippen LogP contribution < -0.4 is 0 Å². The summed E-state index contributed by atoms with van der Waals surface area (Å²) in [6.07, 6.45) is 0. The molecular weight excluding hydrogens is 382 g/mol. The molecule has 3 rings (SSSR count). The standard InChI is InChI=1S/C19H17N3O5S/c1-19(2)22(15(18(24)27-19)13-9-5-3-6-10-13)17(23)16(21-20)28(25,26)14-11-7-4-8-12-14/h3-12,15H,1-2H3/i9D. The van der Waals surface area contributed by atoms with E-state index in [4.69, 9.17) is 6.11 Å². The van der Waals surface area contributed by atoms with Crippen LogP contribution in [0.2, 0.25) is 0 Å². The summed E-state index contributed by atoms with van der Waals surface area (Å²) in [6.45, 7) is 2.80. The monoisotopic (exact) mass is 400 g/mol. The van der Waals surface area contributed by atoms with E-state index in [1.165, 1.54) is 50.2 Å². The average molecular weight is 400 g/mol. The minimum Gasteiger partial charge on any atom is -0.438 e. The normalized spacial score (nSPS) is 18.8. The van der Waals surface area contributed by atoms with E-state index in [0.29, 0.717) is 0 Å². The Labute approximate surface area is 163 Å². The van der Waals surface area contributed by atoms with Crippen LogP contribution in [0.15, 0.2) is 65.5 Å². The van der Waals surface area contributed by atoms with Crippen LogP contribution >= 0.6 is 0 Å². The van der Waals surface area contributed by atoms with Crippen LogP contribution in [-0.2, 0) is 24.2 Å². The Balaban J connectivity index is 2.13. The second-order valence-corrected chi connectivity index (χ2v) is 8.35. The van der Waals surface area contributed by atoms with Crippen LogP contribution in [-0.4, -0.2) is 40.8 Å². The van der Waals surface area contributed by atoms with Crippen LogP contribution in [0.5, 0.6) is 0 Å². The van der Waals surface area contributed by atoms with Gasteiger partial charge < -0.3 is 10.3 Å². The lowest BCUT2D eigenvalue weighted by atomic mass is 10.0. The van der Waals surface area contributed by atoms with Crippen molar-refractivity contribution in [2.75, 3.05) is 0 Å². The Morgan fingerprint density at radius 3 is 2.39 bits per heavy atom. The molecule has 2 aromatic rings. The van der Waals surface area contributed by atoms with Crippen molar-refractivity contribution >= 4 is 26.8 Å². The Morgan fingerprint density at radius 1 is 1.18 bits per heavy atom. The lowest BCUT2D eigenvalue weighted by Gasteiger charge is -2.30. The van der Waals surface area contributed by atoms with Crippen LogP contribution in [0.1, 0.15) is 26.8 Å². The van der Waals surface area contributed by atoms with E-state index >= 15 is 0 Å². The summed E-state index contributed by atoms with van der Waals surface area (Å²) in [5, 5.41) is -1.15. The van der Waals surface area contributed by atoms with Crippen LogP contribution in [0.4, 0.5) is 0 Å². The summed E-state index contributed by atoms with van der Waals surface area (Å²) in [5.74, 6) is -2.04. The molecule has 0 radical (unpaired) electrons. The fourth-order valence-corrected chi connectivity index (χ4v) is 4.17. The van der Waals surface area contributed by atoms with Crippen molar-refractivity contribution in [1.82, 2.24) is 4.90 Å². The second-order valence-electron chi connectivity index (χ2n) is 6.49. The number of cyclic esters (lactones) is 1. The quantitative estimate of drug-likeness (QED) is 0.251. The summed E-state index contributed by atoms with van der Waals surface area (Å²) in [4.78, 5) is 29.1. The minimum atomic E-state index is -4.48. The molecule has 1 aliphatic rings. The number of carbonyl (C=O) groups is 2. The number of amides is 1. The maximum absolute atomic E-state index is 13.2. The fourth-order valence-electron chi connectivity index (χ4n) is 3.00. The Hall–Kier alpha value is -3.29. The number of esters is 1. The summed E-state index contributed by atoms with van der Waals surface area (Å²) in [6, 6.07) is 11.7. The average Bonchev–Trinajstić information content (AvgIpc) is 2.91. The van der Waals surface area contributed by atoms with Crippen molar-refractivity contribution in [3.8, 4) is 0 Å². The summed E-state index contributed by atoms with van der Waals surface area (Å²) < 4.78 is 39.0. The van der Waals surface area contributed by atoms with E-state index in [-0.39, 0.29) is 16.5 Å². The van der Waals surface area contributed by atoms with E-state index in [9.17, 15) is 23.5 Å². The molecule has 144 valence electrons. The minimum absolute atomic E-state index is 0.0293. The number of carbonyl (C=O) groups excluding carboxylic acids is 2. The van der Waals surface area contributed by atoms with Gasteiger partial charge in [0.2, 0.25) is 0 Å². The largest absolute Gasteiger partial charge is 0.473 e. The molecule has 1 saturated heterocycles. The molecular formula is C19H17N3O5S. The summed E-state index contributed by atoms with van der Waals surface area (Å²) >= 11 is 0. The van der Waals surface area contributed by atoms with E-state index in [0.717, 1.165) is 4.90 Å². The highest BCUT2D eigenvalue weighted by molar-refractivity contribution is 8.08. The van der Waals surface area contributed by atoms with Crippen LogP contribution in [0, 0.1) is 0 Å². The first-order chi connectivity index (χ1) is 13.6. The summed E-state index contributed by atoms with van der Waals surface area (Å²) in [7, 11) is -4.48. The zero-order chi connectivity index (χ0) is 21.4.